The van der Waals surface area contributed by atoms with Crippen molar-refractivity contribution in [3.8, 4) is 17.3 Å². The molecule has 0 saturated carbocycles. The van der Waals surface area contributed by atoms with E-state index in [-0.39, 0.29) is 5.41 Å². The molecule has 22 heavy (non-hydrogen) atoms. The van der Waals surface area contributed by atoms with Crippen LogP contribution in [0, 0.1) is 0 Å². The summed E-state index contributed by atoms with van der Waals surface area (Å²) in [6.07, 6.45) is 5.37. The van der Waals surface area contributed by atoms with E-state index in [2.05, 4.69) is 35.8 Å². The van der Waals surface area contributed by atoms with Crippen molar-refractivity contribution in [3.05, 3.63) is 60.8 Å². The number of hydrogen-bond acceptors (Lipinski definition) is 4. The number of benzene rings is 1. The summed E-state index contributed by atoms with van der Waals surface area (Å²) in [5.41, 5.74) is 0.874. The zero-order chi connectivity index (χ0) is 15.6. The minimum Gasteiger partial charge on any atom is -0.439 e. The van der Waals surface area contributed by atoms with E-state index in [9.17, 15) is 0 Å². The van der Waals surface area contributed by atoms with E-state index >= 15 is 0 Å². The van der Waals surface area contributed by atoms with Crippen molar-refractivity contribution in [3.63, 3.8) is 0 Å². The third-order valence-corrected chi connectivity index (χ3v) is 3.13. The Kier molecular flexibility index (Phi) is 3.63. The molecule has 1 aromatic carbocycles. The topological polar surface area (TPSA) is 52.8 Å². The van der Waals surface area contributed by atoms with Gasteiger partial charge in [0.15, 0.2) is 0 Å². The van der Waals surface area contributed by atoms with Crippen LogP contribution in [0.25, 0.3) is 5.69 Å². The van der Waals surface area contributed by atoms with Gasteiger partial charge in [0.25, 0.3) is 0 Å². The summed E-state index contributed by atoms with van der Waals surface area (Å²) in [6, 6.07) is 11.4. The van der Waals surface area contributed by atoms with E-state index in [0.717, 1.165) is 17.3 Å². The normalized spacial score (nSPS) is 11.4. The highest BCUT2D eigenvalue weighted by molar-refractivity contribution is 5.38. The maximum atomic E-state index is 5.81. The minimum atomic E-state index is -0.108. The largest absolute Gasteiger partial charge is 0.439 e. The first-order valence-corrected chi connectivity index (χ1v) is 7.14. The van der Waals surface area contributed by atoms with Gasteiger partial charge in [0.1, 0.15) is 11.6 Å². The van der Waals surface area contributed by atoms with Crippen LogP contribution < -0.4 is 4.74 Å². The van der Waals surface area contributed by atoms with Crippen molar-refractivity contribution in [1.82, 2.24) is 19.7 Å². The molecule has 0 aliphatic carbocycles. The molecule has 0 aliphatic heterocycles. The van der Waals surface area contributed by atoms with Gasteiger partial charge in [-0.3, -0.25) is 0 Å². The number of aromatic nitrogens is 4. The highest BCUT2D eigenvalue weighted by Gasteiger charge is 2.17. The predicted octanol–water partition coefficient (Wildman–Crippen LogP) is 3.75. The minimum absolute atomic E-state index is 0.108. The Balaban J connectivity index is 1.79. The van der Waals surface area contributed by atoms with Gasteiger partial charge in [-0.15, -0.1) is 0 Å². The van der Waals surface area contributed by atoms with Crippen molar-refractivity contribution in [1.29, 1.82) is 0 Å². The molecule has 3 rings (SSSR count). The van der Waals surface area contributed by atoms with E-state index < -0.39 is 0 Å². The lowest BCUT2D eigenvalue weighted by Gasteiger charge is -2.16. The Labute approximate surface area is 129 Å². The average Bonchev–Trinajstić information content (AvgIpc) is 3.02. The van der Waals surface area contributed by atoms with Gasteiger partial charge in [-0.1, -0.05) is 20.8 Å². The average molecular weight is 294 g/mol. The smallest absolute Gasteiger partial charge is 0.222 e. The van der Waals surface area contributed by atoms with Crippen LogP contribution in [0.4, 0.5) is 0 Å². The van der Waals surface area contributed by atoms with Crippen LogP contribution in [-0.2, 0) is 5.41 Å². The molecule has 0 N–H and O–H groups in total. The van der Waals surface area contributed by atoms with Crippen molar-refractivity contribution in [2.45, 2.75) is 26.2 Å². The molecule has 5 heteroatoms. The fourth-order valence-electron chi connectivity index (χ4n) is 1.97. The fourth-order valence-corrected chi connectivity index (χ4v) is 1.97. The molecule has 0 atom stereocenters. The van der Waals surface area contributed by atoms with Crippen LogP contribution in [0.15, 0.2) is 55.0 Å². The fraction of sp³-hybridized carbons (Fsp3) is 0.235. The molecule has 0 saturated heterocycles. The van der Waals surface area contributed by atoms with E-state index in [1.54, 1.807) is 23.1 Å². The molecular formula is C17H18N4O. The highest BCUT2D eigenvalue weighted by atomic mass is 16.5. The molecule has 0 unspecified atom stereocenters. The van der Waals surface area contributed by atoms with Crippen LogP contribution in [-0.4, -0.2) is 19.7 Å². The van der Waals surface area contributed by atoms with Crippen LogP contribution >= 0.6 is 0 Å². The Hall–Kier alpha value is -2.69. The Morgan fingerprint density at radius 3 is 2.41 bits per heavy atom. The molecule has 2 aromatic heterocycles. The van der Waals surface area contributed by atoms with Gasteiger partial charge in [0.05, 0.1) is 5.69 Å². The van der Waals surface area contributed by atoms with Crippen molar-refractivity contribution >= 4 is 0 Å². The van der Waals surface area contributed by atoms with E-state index in [1.165, 1.54) is 0 Å². The molecule has 5 nitrogen and oxygen atoms in total. The van der Waals surface area contributed by atoms with Crippen LogP contribution in [0.1, 0.15) is 26.6 Å². The van der Waals surface area contributed by atoms with Gasteiger partial charge >= 0.3 is 0 Å². The molecule has 2 heterocycles. The molecule has 112 valence electrons. The van der Waals surface area contributed by atoms with Crippen LogP contribution in [0.5, 0.6) is 11.6 Å². The molecule has 0 amide bonds. The molecular weight excluding hydrogens is 276 g/mol. The standard InChI is InChI=1S/C17H18N4O/c1-17(2,3)16-18-11-9-15(20-16)22-14-7-5-13(6-8-14)21-12-4-10-19-21/h4-12H,1-3H3. The van der Waals surface area contributed by atoms with Crippen molar-refractivity contribution in [2.75, 3.05) is 0 Å². The third-order valence-electron chi connectivity index (χ3n) is 3.13. The summed E-state index contributed by atoms with van der Waals surface area (Å²) in [5.74, 6) is 2.04. The van der Waals surface area contributed by atoms with Crippen molar-refractivity contribution in [2.24, 2.45) is 0 Å². The van der Waals surface area contributed by atoms with Gasteiger partial charge in [0, 0.05) is 30.1 Å². The van der Waals surface area contributed by atoms with Gasteiger partial charge in [0.2, 0.25) is 5.88 Å². The second-order valence-corrected chi connectivity index (χ2v) is 6.02. The summed E-state index contributed by atoms with van der Waals surface area (Å²) in [7, 11) is 0. The van der Waals surface area contributed by atoms with Gasteiger partial charge in [-0.05, 0) is 30.3 Å². The summed E-state index contributed by atoms with van der Waals surface area (Å²) < 4.78 is 7.60. The first-order chi connectivity index (χ1) is 10.5. The van der Waals surface area contributed by atoms with Gasteiger partial charge < -0.3 is 4.74 Å². The first-order valence-electron chi connectivity index (χ1n) is 7.14. The number of nitrogens with zero attached hydrogens (tertiary/aromatic N) is 4. The highest BCUT2D eigenvalue weighted by Crippen LogP contribution is 2.24. The van der Waals surface area contributed by atoms with Gasteiger partial charge in [-0.2, -0.15) is 10.1 Å². The monoisotopic (exact) mass is 294 g/mol. The second-order valence-electron chi connectivity index (χ2n) is 6.02. The SMILES string of the molecule is CC(C)(C)c1nccc(Oc2ccc(-n3cccn3)cc2)n1. The lowest BCUT2D eigenvalue weighted by Crippen LogP contribution is -2.15. The summed E-state index contributed by atoms with van der Waals surface area (Å²) in [6.45, 7) is 6.22. The molecule has 0 radical (unpaired) electrons. The quantitative estimate of drug-likeness (QED) is 0.738. The predicted molar refractivity (Wildman–Crippen MR) is 84.4 cm³/mol. The van der Waals surface area contributed by atoms with E-state index in [1.807, 2.05) is 36.5 Å². The summed E-state index contributed by atoms with van der Waals surface area (Å²) in [5, 5.41) is 4.19. The molecule has 3 aromatic rings. The number of hydrogen-bond donors (Lipinski definition) is 0. The Morgan fingerprint density at radius 2 is 1.77 bits per heavy atom. The van der Waals surface area contributed by atoms with E-state index in [4.69, 9.17) is 4.74 Å². The van der Waals surface area contributed by atoms with Crippen LogP contribution in [0.2, 0.25) is 0 Å². The first kappa shape index (κ1) is 14.3. The molecule has 0 bridgehead atoms. The maximum absolute atomic E-state index is 5.81. The molecule has 0 aliphatic rings. The third kappa shape index (κ3) is 3.14. The summed E-state index contributed by atoms with van der Waals surface area (Å²) >= 11 is 0. The lowest BCUT2D eigenvalue weighted by atomic mass is 9.96. The number of ether oxygens (including phenoxy) is 1. The maximum Gasteiger partial charge on any atom is 0.222 e. The molecule has 0 fully saturated rings. The van der Waals surface area contributed by atoms with Crippen molar-refractivity contribution < 1.29 is 4.74 Å². The Morgan fingerprint density at radius 1 is 1.00 bits per heavy atom. The zero-order valence-electron chi connectivity index (χ0n) is 12.9. The number of rotatable bonds is 3. The van der Waals surface area contributed by atoms with Gasteiger partial charge in [-0.25, -0.2) is 9.67 Å². The summed E-state index contributed by atoms with van der Waals surface area (Å²) in [4.78, 5) is 8.76. The molecule has 0 spiro atoms. The van der Waals surface area contributed by atoms with Crippen LogP contribution in [0.3, 0.4) is 0 Å². The van der Waals surface area contributed by atoms with E-state index in [0.29, 0.717) is 5.88 Å². The second kappa shape index (κ2) is 5.60. The Bertz CT molecular complexity index is 743. The zero-order valence-corrected chi connectivity index (χ0v) is 12.9. The lowest BCUT2D eigenvalue weighted by molar-refractivity contribution is 0.445.